The van der Waals surface area contributed by atoms with Crippen molar-refractivity contribution in [1.29, 1.82) is 0 Å². The Morgan fingerprint density at radius 1 is 1.08 bits per heavy atom. The van der Waals surface area contributed by atoms with Crippen LogP contribution in [-0.4, -0.2) is 23.0 Å². The van der Waals surface area contributed by atoms with E-state index in [1.807, 2.05) is 43.3 Å². The number of methoxy groups -OCH3 is 1. The van der Waals surface area contributed by atoms with Gasteiger partial charge in [-0.15, -0.1) is 0 Å². The van der Waals surface area contributed by atoms with Gasteiger partial charge in [-0.1, -0.05) is 24.3 Å². The summed E-state index contributed by atoms with van der Waals surface area (Å²) < 4.78 is 5.15. The second kappa shape index (κ2) is 7.65. The van der Waals surface area contributed by atoms with Crippen LogP contribution in [-0.2, 0) is 0 Å². The van der Waals surface area contributed by atoms with E-state index >= 15 is 0 Å². The maximum Gasteiger partial charge on any atom is 0.251 e. The van der Waals surface area contributed by atoms with E-state index in [1.54, 1.807) is 31.5 Å². The van der Waals surface area contributed by atoms with Crippen molar-refractivity contribution in [3.63, 3.8) is 0 Å². The molecule has 0 spiro atoms. The van der Waals surface area contributed by atoms with E-state index in [9.17, 15) is 4.79 Å². The first-order valence-electron chi connectivity index (χ1n) is 8.20. The first-order valence-corrected chi connectivity index (χ1v) is 8.20. The van der Waals surface area contributed by atoms with Crippen molar-refractivity contribution in [2.24, 2.45) is 0 Å². The highest BCUT2D eigenvalue weighted by Gasteiger charge is 2.12. The number of amides is 1. The molecular formula is C20H20N4O2. The van der Waals surface area contributed by atoms with Gasteiger partial charge in [-0.2, -0.15) is 0 Å². The van der Waals surface area contributed by atoms with Gasteiger partial charge in [-0.25, -0.2) is 9.97 Å². The maximum absolute atomic E-state index is 12.5. The van der Waals surface area contributed by atoms with Gasteiger partial charge in [-0.05, 0) is 42.8 Å². The molecule has 0 bridgehead atoms. The number of nitrogens with zero attached hydrogens (tertiary/aromatic N) is 2. The second-order valence-electron chi connectivity index (χ2n) is 5.85. The molecule has 26 heavy (non-hydrogen) atoms. The zero-order chi connectivity index (χ0) is 18.5. The van der Waals surface area contributed by atoms with Crippen LogP contribution < -0.4 is 15.8 Å². The summed E-state index contributed by atoms with van der Waals surface area (Å²) in [6, 6.07) is 16.5. The summed E-state index contributed by atoms with van der Waals surface area (Å²) in [4.78, 5) is 20.5. The van der Waals surface area contributed by atoms with Crippen molar-refractivity contribution in [3.05, 3.63) is 71.9 Å². The topological polar surface area (TPSA) is 90.1 Å². The lowest BCUT2D eigenvalue weighted by atomic mass is 10.1. The van der Waals surface area contributed by atoms with Gasteiger partial charge in [-0.3, -0.25) is 4.79 Å². The third-order valence-electron chi connectivity index (χ3n) is 4.08. The number of nitrogens with two attached hydrogens (primary N) is 1. The summed E-state index contributed by atoms with van der Waals surface area (Å²) in [6.45, 7) is 1.94. The van der Waals surface area contributed by atoms with Gasteiger partial charge in [0.2, 0.25) is 5.95 Å². The Kier molecular flexibility index (Phi) is 5.12. The number of nitrogen functional groups attached to an aromatic ring is 1. The van der Waals surface area contributed by atoms with Crippen LogP contribution in [0.3, 0.4) is 0 Å². The Bertz CT molecular complexity index is 892. The van der Waals surface area contributed by atoms with Gasteiger partial charge in [0, 0.05) is 17.3 Å². The largest absolute Gasteiger partial charge is 0.497 e. The molecule has 0 aliphatic rings. The molecular weight excluding hydrogens is 328 g/mol. The van der Waals surface area contributed by atoms with E-state index in [4.69, 9.17) is 10.5 Å². The first-order chi connectivity index (χ1) is 12.6. The molecule has 1 aromatic heterocycles. The molecule has 0 radical (unpaired) electrons. The van der Waals surface area contributed by atoms with E-state index in [-0.39, 0.29) is 17.9 Å². The lowest BCUT2D eigenvalue weighted by molar-refractivity contribution is 0.0940. The molecule has 0 fully saturated rings. The van der Waals surface area contributed by atoms with Crippen LogP contribution in [0.4, 0.5) is 5.95 Å². The van der Waals surface area contributed by atoms with E-state index in [2.05, 4.69) is 15.3 Å². The zero-order valence-electron chi connectivity index (χ0n) is 14.6. The third-order valence-corrected chi connectivity index (χ3v) is 4.08. The van der Waals surface area contributed by atoms with Gasteiger partial charge in [0.1, 0.15) is 5.75 Å². The van der Waals surface area contributed by atoms with E-state index < -0.39 is 0 Å². The first kappa shape index (κ1) is 17.4. The summed E-state index contributed by atoms with van der Waals surface area (Å²) in [7, 11) is 1.62. The number of carbonyl (C=O) groups excluding carboxylic acids is 1. The highest BCUT2D eigenvalue weighted by Crippen LogP contribution is 2.20. The average molecular weight is 348 g/mol. The Labute approximate surface area is 152 Å². The zero-order valence-corrected chi connectivity index (χ0v) is 14.6. The Hall–Kier alpha value is -3.41. The van der Waals surface area contributed by atoms with Crippen molar-refractivity contribution in [2.75, 3.05) is 12.8 Å². The van der Waals surface area contributed by atoms with Gasteiger partial charge in [0.05, 0.1) is 18.8 Å². The number of aromatic nitrogens is 2. The highest BCUT2D eigenvalue weighted by atomic mass is 16.5. The molecule has 0 unspecified atom stereocenters. The van der Waals surface area contributed by atoms with Crippen molar-refractivity contribution in [1.82, 2.24) is 15.3 Å². The fraction of sp³-hybridized carbons (Fsp3) is 0.150. The maximum atomic E-state index is 12.5. The molecule has 6 heteroatoms. The number of nitrogens with one attached hydrogen (secondary N) is 1. The standard InChI is InChI=1S/C20H20N4O2/c1-13(14-7-9-17(26-2)10-8-14)23-19(25)16-5-3-15(4-6-16)18-11-12-22-20(21)24-18/h3-13H,1-2H3,(H,23,25)(H2,21,22,24)/t13-/m0/s1. The van der Waals surface area contributed by atoms with Crippen molar-refractivity contribution in [3.8, 4) is 17.0 Å². The predicted molar refractivity (Wildman–Crippen MR) is 101 cm³/mol. The SMILES string of the molecule is COc1ccc([C@H](C)NC(=O)c2ccc(-c3ccnc(N)n3)cc2)cc1. The molecule has 3 rings (SSSR count). The summed E-state index contributed by atoms with van der Waals surface area (Å²) in [5, 5.41) is 2.99. The molecule has 0 aliphatic carbocycles. The van der Waals surface area contributed by atoms with E-state index in [0.717, 1.165) is 22.6 Å². The van der Waals surface area contributed by atoms with Crippen LogP contribution in [0.15, 0.2) is 60.8 Å². The van der Waals surface area contributed by atoms with Crippen molar-refractivity contribution >= 4 is 11.9 Å². The molecule has 0 saturated carbocycles. The minimum atomic E-state index is -0.137. The Morgan fingerprint density at radius 2 is 1.77 bits per heavy atom. The van der Waals surface area contributed by atoms with Gasteiger partial charge in [0.25, 0.3) is 5.91 Å². The van der Waals surface area contributed by atoms with Crippen LogP contribution in [0.1, 0.15) is 28.9 Å². The average Bonchev–Trinajstić information content (AvgIpc) is 2.68. The van der Waals surface area contributed by atoms with Crippen LogP contribution in [0.25, 0.3) is 11.3 Å². The minimum absolute atomic E-state index is 0.116. The number of hydrogen-bond acceptors (Lipinski definition) is 5. The molecule has 3 aromatic rings. The highest BCUT2D eigenvalue weighted by molar-refractivity contribution is 5.94. The van der Waals surface area contributed by atoms with Crippen molar-refractivity contribution < 1.29 is 9.53 Å². The molecule has 1 amide bonds. The van der Waals surface area contributed by atoms with E-state index in [1.165, 1.54) is 0 Å². The fourth-order valence-corrected chi connectivity index (χ4v) is 2.58. The molecule has 6 nitrogen and oxygen atoms in total. The Morgan fingerprint density at radius 3 is 2.38 bits per heavy atom. The molecule has 1 atom stereocenters. The lowest BCUT2D eigenvalue weighted by Crippen LogP contribution is -2.26. The monoisotopic (exact) mass is 348 g/mol. The number of rotatable bonds is 5. The van der Waals surface area contributed by atoms with E-state index in [0.29, 0.717) is 5.56 Å². The summed E-state index contributed by atoms with van der Waals surface area (Å²) in [6.07, 6.45) is 1.61. The summed E-state index contributed by atoms with van der Waals surface area (Å²) in [5.74, 6) is 0.868. The minimum Gasteiger partial charge on any atom is -0.497 e. The van der Waals surface area contributed by atoms with Crippen LogP contribution >= 0.6 is 0 Å². The van der Waals surface area contributed by atoms with Crippen molar-refractivity contribution in [2.45, 2.75) is 13.0 Å². The fourth-order valence-electron chi connectivity index (χ4n) is 2.58. The normalized spacial score (nSPS) is 11.6. The second-order valence-corrected chi connectivity index (χ2v) is 5.85. The van der Waals surface area contributed by atoms with Gasteiger partial charge >= 0.3 is 0 Å². The Balaban J connectivity index is 1.69. The van der Waals surface area contributed by atoms with Crippen LogP contribution in [0.2, 0.25) is 0 Å². The third kappa shape index (κ3) is 3.97. The van der Waals surface area contributed by atoms with Crippen LogP contribution in [0, 0.1) is 0 Å². The lowest BCUT2D eigenvalue weighted by Gasteiger charge is -2.15. The van der Waals surface area contributed by atoms with Crippen LogP contribution in [0.5, 0.6) is 5.75 Å². The number of hydrogen-bond donors (Lipinski definition) is 2. The summed E-state index contributed by atoms with van der Waals surface area (Å²) in [5.41, 5.74) is 8.79. The molecule has 0 aliphatic heterocycles. The molecule has 1 heterocycles. The van der Waals surface area contributed by atoms with Gasteiger partial charge < -0.3 is 15.8 Å². The number of carbonyl (C=O) groups is 1. The molecule has 2 aromatic carbocycles. The quantitative estimate of drug-likeness (QED) is 0.739. The molecule has 0 saturated heterocycles. The predicted octanol–water partition coefficient (Wildman–Crippen LogP) is 3.23. The smallest absolute Gasteiger partial charge is 0.251 e. The molecule has 132 valence electrons. The number of ether oxygens (including phenoxy) is 1. The molecule has 3 N–H and O–H groups in total. The number of benzene rings is 2. The number of anilines is 1. The van der Waals surface area contributed by atoms with Gasteiger partial charge in [0.15, 0.2) is 0 Å². The summed E-state index contributed by atoms with van der Waals surface area (Å²) >= 11 is 0.